The van der Waals surface area contributed by atoms with Crippen molar-refractivity contribution in [3.05, 3.63) is 47.1 Å². The molecule has 3 rings (SSSR count). The Bertz CT molecular complexity index is 914. The van der Waals surface area contributed by atoms with Crippen LogP contribution in [0.5, 0.6) is 0 Å². The lowest BCUT2D eigenvalue weighted by Crippen LogP contribution is -2.40. The van der Waals surface area contributed by atoms with Crippen LogP contribution >= 0.6 is 0 Å². The number of aliphatic hydroxyl groups excluding tert-OH is 1. The minimum atomic E-state index is -4.43. The highest BCUT2D eigenvalue weighted by Crippen LogP contribution is 2.29. The molecule has 2 atom stereocenters. The Balaban J connectivity index is 1.65. The molecule has 2 heterocycles. The fourth-order valence-corrected chi connectivity index (χ4v) is 4.90. The monoisotopic (exact) mass is 405 g/mol. The zero-order valence-electron chi connectivity index (χ0n) is 14.3. The number of aromatic nitrogens is 2. The molecule has 2 aromatic rings. The second-order valence-corrected chi connectivity index (χ2v) is 8.76. The van der Waals surface area contributed by atoms with E-state index in [2.05, 4.69) is 10.1 Å². The lowest BCUT2D eigenvalue weighted by atomic mass is 10.1. The Morgan fingerprint density at radius 2 is 2.07 bits per heavy atom. The van der Waals surface area contributed by atoms with E-state index >= 15 is 0 Å². The molecule has 1 aliphatic heterocycles. The van der Waals surface area contributed by atoms with Crippen LogP contribution in [0.2, 0.25) is 0 Å². The van der Waals surface area contributed by atoms with E-state index in [4.69, 9.17) is 4.52 Å². The molecule has 0 amide bonds. The predicted octanol–water partition coefficient (Wildman–Crippen LogP) is 1.27. The van der Waals surface area contributed by atoms with Gasteiger partial charge in [0.25, 0.3) is 0 Å². The largest absolute Gasteiger partial charge is 0.416 e. The number of nitrogens with zero attached hydrogens (tertiary/aromatic N) is 3. The first-order chi connectivity index (χ1) is 12.5. The molecule has 1 fully saturated rings. The average Bonchev–Trinajstić information content (AvgIpc) is 3.09. The topological polar surface area (TPSA) is 96.5 Å². The van der Waals surface area contributed by atoms with Gasteiger partial charge in [-0.25, -0.2) is 8.42 Å². The van der Waals surface area contributed by atoms with Crippen molar-refractivity contribution >= 4 is 9.84 Å². The summed E-state index contributed by atoms with van der Waals surface area (Å²) < 4.78 is 66.6. The Hall–Kier alpha value is -1.98. The van der Waals surface area contributed by atoms with Crippen LogP contribution in [0.15, 0.2) is 28.8 Å². The first-order valence-electron chi connectivity index (χ1n) is 8.10. The van der Waals surface area contributed by atoms with Crippen molar-refractivity contribution in [3.63, 3.8) is 0 Å². The fourth-order valence-electron chi connectivity index (χ4n) is 3.03. The van der Waals surface area contributed by atoms with E-state index in [1.54, 1.807) is 11.9 Å². The average molecular weight is 405 g/mol. The second-order valence-electron chi connectivity index (χ2n) is 6.61. The molecule has 11 heteroatoms. The molecule has 1 aliphatic rings. The highest BCUT2D eigenvalue weighted by molar-refractivity contribution is 7.91. The van der Waals surface area contributed by atoms with E-state index in [1.165, 1.54) is 12.1 Å². The molecule has 0 spiro atoms. The maximum Gasteiger partial charge on any atom is 0.416 e. The van der Waals surface area contributed by atoms with Crippen LogP contribution in [0.25, 0.3) is 0 Å². The minimum Gasteiger partial charge on any atom is -0.390 e. The Labute approximate surface area is 153 Å². The number of alkyl halides is 3. The summed E-state index contributed by atoms with van der Waals surface area (Å²) in [7, 11) is -1.65. The summed E-state index contributed by atoms with van der Waals surface area (Å²) in [5.74, 6) is -0.0315. The van der Waals surface area contributed by atoms with E-state index < -0.39 is 33.7 Å². The third kappa shape index (κ3) is 4.85. The van der Waals surface area contributed by atoms with E-state index in [-0.39, 0.29) is 36.2 Å². The van der Waals surface area contributed by atoms with Gasteiger partial charge in [0.2, 0.25) is 5.89 Å². The number of hydrogen-bond donors (Lipinski definition) is 1. The Morgan fingerprint density at radius 3 is 2.70 bits per heavy atom. The molecule has 148 valence electrons. The third-order valence-electron chi connectivity index (χ3n) is 4.37. The zero-order valence-corrected chi connectivity index (χ0v) is 15.2. The molecular weight excluding hydrogens is 387 g/mol. The number of halogens is 3. The molecule has 0 bridgehead atoms. The van der Waals surface area contributed by atoms with Crippen LogP contribution < -0.4 is 0 Å². The lowest BCUT2D eigenvalue weighted by molar-refractivity contribution is -0.137. The Morgan fingerprint density at radius 1 is 1.33 bits per heavy atom. The first-order valence-corrected chi connectivity index (χ1v) is 9.92. The molecule has 1 aromatic heterocycles. The van der Waals surface area contributed by atoms with Gasteiger partial charge in [0.15, 0.2) is 15.7 Å². The smallest absolute Gasteiger partial charge is 0.390 e. The van der Waals surface area contributed by atoms with Crippen molar-refractivity contribution in [3.8, 4) is 0 Å². The summed E-state index contributed by atoms with van der Waals surface area (Å²) >= 11 is 0. The highest BCUT2D eigenvalue weighted by Gasteiger charge is 2.39. The van der Waals surface area contributed by atoms with Gasteiger partial charge in [-0.15, -0.1) is 0 Å². The second kappa shape index (κ2) is 7.21. The Kier molecular flexibility index (Phi) is 5.28. The number of likely N-dealkylation sites (N-methyl/N-ethyl adjacent to an activating group) is 1. The number of sulfone groups is 1. The van der Waals surface area contributed by atoms with Gasteiger partial charge >= 0.3 is 6.18 Å². The van der Waals surface area contributed by atoms with Gasteiger partial charge < -0.3 is 9.63 Å². The van der Waals surface area contributed by atoms with Crippen molar-refractivity contribution in [1.29, 1.82) is 0 Å². The highest BCUT2D eigenvalue weighted by atomic mass is 32.2. The predicted molar refractivity (Wildman–Crippen MR) is 88.5 cm³/mol. The summed E-state index contributed by atoms with van der Waals surface area (Å²) in [6.07, 6.45) is -5.35. The van der Waals surface area contributed by atoms with E-state index in [9.17, 15) is 26.7 Å². The van der Waals surface area contributed by atoms with Gasteiger partial charge in [-0.2, -0.15) is 18.2 Å². The molecule has 1 N–H and O–H groups in total. The number of aliphatic hydroxyl groups is 1. The summed E-state index contributed by atoms with van der Waals surface area (Å²) in [6, 6.07) is 4.29. The molecule has 0 radical (unpaired) electrons. The van der Waals surface area contributed by atoms with Crippen LogP contribution in [0.3, 0.4) is 0 Å². The third-order valence-corrected chi connectivity index (χ3v) is 6.07. The van der Waals surface area contributed by atoms with Crippen molar-refractivity contribution in [2.24, 2.45) is 0 Å². The fraction of sp³-hybridized carbons (Fsp3) is 0.500. The van der Waals surface area contributed by atoms with Gasteiger partial charge in [0.1, 0.15) is 0 Å². The molecule has 1 saturated heterocycles. The van der Waals surface area contributed by atoms with Crippen LogP contribution in [0.4, 0.5) is 13.2 Å². The molecule has 7 nitrogen and oxygen atoms in total. The van der Waals surface area contributed by atoms with Crippen LogP contribution in [-0.4, -0.2) is 59.3 Å². The van der Waals surface area contributed by atoms with E-state index in [0.29, 0.717) is 5.56 Å². The molecule has 0 aliphatic carbocycles. The van der Waals surface area contributed by atoms with Gasteiger partial charge in [0, 0.05) is 6.42 Å². The van der Waals surface area contributed by atoms with Crippen molar-refractivity contribution < 1.29 is 31.2 Å². The quantitative estimate of drug-likeness (QED) is 0.800. The lowest BCUT2D eigenvalue weighted by Gasteiger charge is -2.23. The molecule has 0 saturated carbocycles. The number of hydrogen-bond acceptors (Lipinski definition) is 7. The summed E-state index contributed by atoms with van der Waals surface area (Å²) in [4.78, 5) is 5.75. The first kappa shape index (κ1) is 19.8. The van der Waals surface area contributed by atoms with Gasteiger partial charge in [-0.1, -0.05) is 23.4 Å². The van der Waals surface area contributed by atoms with Crippen LogP contribution in [0, 0.1) is 0 Å². The molecule has 27 heavy (non-hydrogen) atoms. The van der Waals surface area contributed by atoms with Crippen LogP contribution in [-0.2, 0) is 29.0 Å². The zero-order chi connectivity index (χ0) is 19.8. The van der Waals surface area contributed by atoms with Crippen molar-refractivity contribution in [2.75, 3.05) is 18.6 Å². The number of rotatable bonds is 5. The van der Waals surface area contributed by atoms with Crippen molar-refractivity contribution in [1.82, 2.24) is 15.0 Å². The van der Waals surface area contributed by atoms with Gasteiger partial charge in [-0.3, -0.25) is 4.90 Å². The molecular formula is C16H18F3N3O4S. The standard InChI is InChI=1S/C16H18F3N3O4S/c1-22(12-8-27(24,25)9-13(12)23)7-15-20-14(21-26-15)6-10-3-2-4-11(5-10)16(17,18)19/h2-5,12-13,23H,6-9H2,1H3/t12-,13-/m1/s1. The summed E-state index contributed by atoms with van der Waals surface area (Å²) in [5.41, 5.74) is -0.359. The maximum atomic E-state index is 12.8. The van der Waals surface area contributed by atoms with Crippen LogP contribution in [0.1, 0.15) is 22.8 Å². The van der Waals surface area contributed by atoms with E-state index in [0.717, 1.165) is 12.1 Å². The van der Waals surface area contributed by atoms with Gasteiger partial charge in [0.05, 0.1) is 35.8 Å². The summed E-state index contributed by atoms with van der Waals surface area (Å²) in [6.45, 7) is 0.118. The maximum absolute atomic E-state index is 12.8. The van der Waals surface area contributed by atoms with E-state index in [1.807, 2.05) is 0 Å². The van der Waals surface area contributed by atoms with Crippen molar-refractivity contribution in [2.45, 2.75) is 31.3 Å². The number of benzene rings is 1. The minimum absolute atomic E-state index is 0.0670. The molecule has 1 aromatic carbocycles. The van der Waals surface area contributed by atoms with Gasteiger partial charge in [-0.05, 0) is 18.7 Å². The summed E-state index contributed by atoms with van der Waals surface area (Å²) in [5, 5.41) is 13.6. The normalized spacial score (nSPS) is 22.4. The molecule has 0 unspecified atom stereocenters. The SMILES string of the molecule is CN(Cc1nc(Cc2cccc(C(F)(F)F)c2)no1)[C@@H]1CS(=O)(=O)C[C@H]1O.